The van der Waals surface area contributed by atoms with Crippen molar-refractivity contribution in [3.8, 4) is 0 Å². The number of halogens is 3. The maximum atomic E-state index is 12.3. The Morgan fingerprint density at radius 1 is 1.40 bits per heavy atom. The van der Waals surface area contributed by atoms with Gasteiger partial charge in [0.15, 0.2) is 6.20 Å². The highest BCUT2D eigenvalue weighted by Gasteiger charge is 2.29. The number of aliphatic carboxylic acids is 1. The average Bonchev–Trinajstić information content (AvgIpc) is 2.96. The fourth-order valence-corrected chi connectivity index (χ4v) is 2.38. The van der Waals surface area contributed by atoms with E-state index in [9.17, 15) is 18.0 Å². The minimum absolute atomic E-state index is 0.0529. The summed E-state index contributed by atoms with van der Waals surface area (Å²) in [6.07, 6.45) is 1.65. The molecular weight excluding hydrogens is 339 g/mol. The van der Waals surface area contributed by atoms with E-state index in [0.717, 1.165) is 29.4 Å². The van der Waals surface area contributed by atoms with Crippen molar-refractivity contribution in [2.24, 2.45) is 7.05 Å². The second-order valence-electron chi connectivity index (χ2n) is 5.41. The zero-order valence-corrected chi connectivity index (χ0v) is 13.5. The molecule has 2 aromatic heterocycles. The molecule has 0 aliphatic heterocycles. The van der Waals surface area contributed by atoms with Gasteiger partial charge in [-0.15, -0.1) is 0 Å². The SMILES string of the molecule is CCCNC1=Cc2c3c([nH]cc3cc[n+]2C)C1=O.O=C([O-])C(F)(F)F. The van der Waals surface area contributed by atoms with Crippen molar-refractivity contribution in [1.29, 1.82) is 0 Å². The number of hydrogen-bond donors (Lipinski definition) is 2. The van der Waals surface area contributed by atoms with Crippen molar-refractivity contribution < 1.29 is 32.4 Å². The minimum Gasteiger partial charge on any atom is -0.542 e. The van der Waals surface area contributed by atoms with Crippen LogP contribution in [0, 0.1) is 0 Å². The van der Waals surface area contributed by atoms with Gasteiger partial charge in [0, 0.05) is 30.3 Å². The fraction of sp³-hybridized carbons (Fsp3) is 0.312. The summed E-state index contributed by atoms with van der Waals surface area (Å²) in [4.78, 5) is 24.2. The third-order valence-corrected chi connectivity index (χ3v) is 3.57. The predicted molar refractivity (Wildman–Crippen MR) is 81.1 cm³/mol. The summed E-state index contributed by atoms with van der Waals surface area (Å²) in [7, 11) is 2.00. The molecular formula is C16H16F3N3O3. The van der Waals surface area contributed by atoms with Crippen molar-refractivity contribution in [2.45, 2.75) is 19.5 Å². The van der Waals surface area contributed by atoms with E-state index in [2.05, 4.69) is 17.2 Å². The van der Waals surface area contributed by atoms with Crippen molar-refractivity contribution >= 4 is 28.6 Å². The van der Waals surface area contributed by atoms with E-state index in [4.69, 9.17) is 9.90 Å². The Labute approximate surface area is 141 Å². The lowest BCUT2D eigenvalue weighted by atomic mass is 10.0. The van der Waals surface area contributed by atoms with Gasteiger partial charge in [0.1, 0.15) is 18.7 Å². The molecule has 25 heavy (non-hydrogen) atoms. The number of ketones is 1. The molecule has 1 aliphatic carbocycles. The number of H-pyrrole nitrogens is 1. The number of allylic oxidation sites excluding steroid dienone is 1. The highest BCUT2D eigenvalue weighted by atomic mass is 19.4. The number of carboxylic acid groups (broad SMARTS) is 1. The molecule has 0 fully saturated rings. The third kappa shape index (κ3) is 3.81. The van der Waals surface area contributed by atoms with Crippen LogP contribution in [0.2, 0.25) is 0 Å². The summed E-state index contributed by atoms with van der Waals surface area (Å²) >= 11 is 0. The Morgan fingerprint density at radius 3 is 2.60 bits per heavy atom. The number of alkyl halides is 3. The summed E-state index contributed by atoms with van der Waals surface area (Å²) in [5.41, 5.74) is 2.44. The van der Waals surface area contributed by atoms with E-state index >= 15 is 0 Å². The largest absolute Gasteiger partial charge is 0.542 e. The topological polar surface area (TPSA) is 88.9 Å². The van der Waals surface area contributed by atoms with Crippen LogP contribution in [0.1, 0.15) is 29.5 Å². The fourth-order valence-electron chi connectivity index (χ4n) is 2.38. The number of nitrogens with one attached hydrogen (secondary N) is 2. The number of rotatable bonds is 3. The Bertz CT molecular complexity index is 853. The molecule has 134 valence electrons. The molecule has 2 heterocycles. The van der Waals surface area contributed by atoms with E-state index in [1.54, 1.807) is 0 Å². The molecule has 0 radical (unpaired) electrons. The number of aromatic nitrogens is 2. The van der Waals surface area contributed by atoms with Crippen molar-refractivity contribution in [3.05, 3.63) is 35.5 Å². The lowest BCUT2D eigenvalue weighted by Gasteiger charge is -2.12. The number of carboxylic acids is 1. The second-order valence-corrected chi connectivity index (χ2v) is 5.41. The van der Waals surface area contributed by atoms with Crippen LogP contribution in [-0.2, 0) is 11.8 Å². The molecule has 0 aromatic carbocycles. The first-order chi connectivity index (χ1) is 11.7. The van der Waals surface area contributed by atoms with Gasteiger partial charge in [-0.3, -0.25) is 4.79 Å². The minimum atomic E-state index is -5.19. The van der Waals surface area contributed by atoms with Crippen molar-refractivity contribution in [2.75, 3.05) is 6.54 Å². The number of carbonyl (C=O) groups excluding carboxylic acids is 2. The van der Waals surface area contributed by atoms with Crippen molar-refractivity contribution in [3.63, 3.8) is 0 Å². The summed E-state index contributed by atoms with van der Waals surface area (Å²) in [5.74, 6) is -2.95. The second kappa shape index (κ2) is 6.96. The number of Topliss-reactive ketones (excluding diaryl/α,β-unsaturated/α-hetero) is 1. The number of aryl methyl sites for hydroxylation is 1. The van der Waals surface area contributed by atoms with E-state index in [1.165, 1.54) is 0 Å². The number of carbonyl (C=O) groups is 2. The monoisotopic (exact) mass is 355 g/mol. The lowest BCUT2D eigenvalue weighted by Crippen LogP contribution is -2.37. The lowest BCUT2D eigenvalue weighted by molar-refractivity contribution is -0.671. The first-order valence-electron chi connectivity index (χ1n) is 7.45. The quantitative estimate of drug-likeness (QED) is 0.798. The molecule has 1 aliphatic rings. The van der Waals surface area contributed by atoms with Gasteiger partial charge in [-0.2, -0.15) is 13.2 Å². The molecule has 2 N–H and O–H groups in total. The van der Waals surface area contributed by atoms with Gasteiger partial charge >= 0.3 is 6.18 Å². The van der Waals surface area contributed by atoms with Crippen LogP contribution in [0.15, 0.2) is 24.2 Å². The third-order valence-electron chi connectivity index (χ3n) is 3.57. The van der Waals surface area contributed by atoms with Crippen LogP contribution in [0.5, 0.6) is 0 Å². The predicted octanol–water partition coefficient (Wildman–Crippen LogP) is 0.828. The molecule has 0 spiro atoms. The van der Waals surface area contributed by atoms with Crippen LogP contribution in [0.4, 0.5) is 13.2 Å². The molecule has 9 heteroatoms. The summed E-state index contributed by atoms with van der Waals surface area (Å²) in [6.45, 7) is 2.90. The van der Waals surface area contributed by atoms with Gasteiger partial charge in [-0.1, -0.05) is 6.92 Å². The molecule has 2 aromatic rings. The molecule has 0 amide bonds. The molecule has 3 rings (SSSR count). The van der Waals surface area contributed by atoms with Gasteiger partial charge < -0.3 is 20.2 Å². The van der Waals surface area contributed by atoms with Gasteiger partial charge in [0.25, 0.3) is 0 Å². The van der Waals surface area contributed by atoms with E-state index in [0.29, 0.717) is 11.4 Å². The first kappa shape index (κ1) is 18.5. The molecule has 0 saturated carbocycles. The maximum absolute atomic E-state index is 12.3. The molecule has 0 bridgehead atoms. The zero-order chi connectivity index (χ0) is 18.8. The van der Waals surface area contributed by atoms with Gasteiger partial charge in [-0.25, -0.2) is 4.57 Å². The molecule has 0 saturated heterocycles. The Kier molecular flexibility index (Phi) is 5.15. The molecule has 0 unspecified atom stereocenters. The number of hydrogen-bond acceptors (Lipinski definition) is 4. The van der Waals surface area contributed by atoms with Crippen molar-refractivity contribution in [1.82, 2.24) is 10.3 Å². The summed E-state index contributed by atoms with van der Waals surface area (Å²) in [5, 5.41) is 14.1. The standard InChI is InChI=1S/C14H15N3O.C2HF3O2/c1-3-5-15-10-7-11-12-9(4-6-17(11)2)8-16-13(12)14(10)18;3-2(4,5)1(6)7/h4,6-8H,3,5H2,1-2H3,(H,15,16,18);(H,6,7). The van der Waals surface area contributed by atoms with Crippen LogP contribution in [0.3, 0.4) is 0 Å². The summed E-state index contributed by atoms with van der Waals surface area (Å²) in [6, 6.07) is 2.02. The Balaban J connectivity index is 0.000000277. The maximum Gasteiger partial charge on any atom is 0.430 e. The van der Waals surface area contributed by atoms with Gasteiger partial charge in [0.2, 0.25) is 11.5 Å². The average molecular weight is 355 g/mol. The van der Waals surface area contributed by atoms with Gasteiger partial charge in [-0.05, 0) is 6.42 Å². The number of pyridine rings is 1. The van der Waals surface area contributed by atoms with Crippen LogP contribution in [-0.4, -0.2) is 29.5 Å². The van der Waals surface area contributed by atoms with Crippen LogP contribution in [0.25, 0.3) is 16.8 Å². The highest BCUT2D eigenvalue weighted by molar-refractivity contribution is 6.20. The van der Waals surface area contributed by atoms with Gasteiger partial charge in [0.05, 0.1) is 11.1 Å². The number of nitrogens with zero attached hydrogens (tertiary/aromatic N) is 1. The van der Waals surface area contributed by atoms with Crippen LogP contribution >= 0.6 is 0 Å². The summed E-state index contributed by atoms with van der Waals surface area (Å²) < 4.78 is 33.6. The normalized spacial score (nSPS) is 13.2. The van der Waals surface area contributed by atoms with E-state index in [1.807, 2.05) is 36.2 Å². The smallest absolute Gasteiger partial charge is 0.430 e. The molecule has 6 nitrogen and oxygen atoms in total. The Hall–Kier alpha value is -2.84. The zero-order valence-electron chi connectivity index (χ0n) is 13.5. The first-order valence-corrected chi connectivity index (χ1v) is 7.45. The van der Waals surface area contributed by atoms with E-state index < -0.39 is 12.1 Å². The Morgan fingerprint density at radius 2 is 2.04 bits per heavy atom. The highest BCUT2D eigenvalue weighted by Crippen LogP contribution is 2.27. The molecule has 0 atom stereocenters. The van der Waals surface area contributed by atoms with Crippen LogP contribution < -0.4 is 15.0 Å². The number of aromatic amines is 1. The van der Waals surface area contributed by atoms with E-state index in [-0.39, 0.29) is 5.78 Å².